The Labute approximate surface area is 100 Å². The summed E-state index contributed by atoms with van der Waals surface area (Å²) in [4.78, 5) is 11.4. The highest BCUT2D eigenvalue weighted by Gasteiger charge is 2.45. The number of rotatable bonds is 3. The summed E-state index contributed by atoms with van der Waals surface area (Å²) >= 11 is 0. The smallest absolute Gasteiger partial charge is 0.227 e. The Bertz CT molecular complexity index is 283. The van der Waals surface area contributed by atoms with Crippen molar-refractivity contribution in [3.05, 3.63) is 0 Å². The number of hydrogen-bond donors (Lipinski definition) is 1. The summed E-state index contributed by atoms with van der Waals surface area (Å²) in [7, 11) is -1.75. The Kier molecular flexibility index (Phi) is 3.55. The SMILES string of the molecule is CC1NC(=O)C1C(C)O[Si](C)(C)C(C)(C)C. The first-order valence-electron chi connectivity index (χ1n) is 6.04. The highest BCUT2D eigenvalue weighted by atomic mass is 28.4. The number of β-lactam (4-membered cyclic amide) rings is 1. The van der Waals surface area contributed by atoms with Crippen LogP contribution < -0.4 is 5.32 Å². The van der Waals surface area contributed by atoms with Gasteiger partial charge in [0.15, 0.2) is 8.32 Å². The lowest BCUT2D eigenvalue weighted by molar-refractivity contribution is -0.139. The monoisotopic (exact) mass is 243 g/mol. The fourth-order valence-electron chi connectivity index (χ4n) is 1.88. The molecule has 0 saturated carbocycles. The summed E-state index contributed by atoms with van der Waals surface area (Å²) in [5.74, 6) is 0.174. The molecular formula is C12H25NO2Si. The molecule has 0 aromatic heterocycles. The summed E-state index contributed by atoms with van der Waals surface area (Å²) < 4.78 is 6.23. The molecule has 3 nitrogen and oxygen atoms in total. The topological polar surface area (TPSA) is 38.3 Å². The summed E-state index contributed by atoms with van der Waals surface area (Å²) in [6.07, 6.45) is 0.0321. The first-order chi connectivity index (χ1) is 7.06. The minimum Gasteiger partial charge on any atom is -0.413 e. The van der Waals surface area contributed by atoms with Crippen LogP contribution in [0.15, 0.2) is 0 Å². The molecule has 1 rings (SSSR count). The zero-order valence-corrected chi connectivity index (χ0v) is 12.5. The van der Waals surface area contributed by atoms with Crippen LogP contribution in [0.5, 0.6) is 0 Å². The number of carbonyl (C=O) groups excluding carboxylic acids is 1. The Morgan fingerprint density at radius 2 is 1.88 bits per heavy atom. The molecule has 3 unspecified atom stereocenters. The molecule has 0 aromatic rings. The molecule has 1 aliphatic rings. The zero-order chi connectivity index (χ0) is 12.7. The molecule has 16 heavy (non-hydrogen) atoms. The Balaban J connectivity index is 2.64. The van der Waals surface area contributed by atoms with Crippen LogP contribution in [-0.2, 0) is 9.22 Å². The van der Waals surface area contributed by atoms with E-state index >= 15 is 0 Å². The van der Waals surface area contributed by atoms with E-state index in [2.05, 4.69) is 39.2 Å². The van der Waals surface area contributed by atoms with E-state index in [1.807, 2.05) is 13.8 Å². The number of hydrogen-bond acceptors (Lipinski definition) is 2. The molecule has 0 bridgehead atoms. The van der Waals surface area contributed by atoms with E-state index < -0.39 is 8.32 Å². The van der Waals surface area contributed by atoms with Gasteiger partial charge in [-0.2, -0.15) is 0 Å². The van der Waals surface area contributed by atoms with Crippen molar-refractivity contribution in [1.82, 2.24) is 5.32 Å². The van der Waals surface area contributed by atoms with Gasteiger partial charge in [-0.1, -0.05) is 20.8 Å². The summed E-state index contributed by atoms with van der Waals surface area (Å²) in [6.45, 7) is 15.2. The summed E-state index contributed by atoms with van der Waals surface area (Å²) in [6, 6.07) is 0.257. The normalized spacial score (nSPS) is 28.3. The molecule has 1 fully saturated rings. The minimum atomic E-state index is -1.75. The van der Waals surface area contributed by atoms with Crippen LogP contribution in [0.1, 0.15) is 34.6 Å². The van der Waals surface area contributed by atoms with Gasteiger partial charge in [0.05, 0.1) is 12.0 Å². The van der Waals surface area contributed by atoms with Crippen LogP contribution in [0.4, 0.5) is 0 Å². The van der Waals surface area contributed by atoms with Crippen LogP contribution in [0, 0.1) is 5.92 Å². The maximum Gasteiger partial charge on any atom is 0.227 e. The van der Waals surface area contributed by atoms with Gasteiger partial charge in [0.1, 0.15) is 0 Å². The minimum absolute atomic E-state index is 0.0321. The molecular weight excluding hydrogens is 218 g/mol. The standard InChI is InChI=1S/C12H25NO2Si/c1-8-10(11(14)13-8)9(2)15-16(6,7)12(3,4)5/h8-10H,1-7H3,(H,13,14). The largest absolute Gasteiger partial charge is 0.413 e. The average molecular weight is 243 g/mol. The van der Waals surface area contributed by atoms with E-state index in [1.54, 1.807) is 0 Å². The fraction of sp³-hybridized carbons (Fsp3) is 0.917. The van der Waals surface area contributed by atoms with Gasteiger partial charge in [-0.25, -0.2) is 0 Å². The molecule has 1 heterocycles. The lowest BCUT2D eigenvalue weighted by atomic mass is 9.88. The second-order valence-corrected chi connectivity index (χ2v) is 11.2. The van der Waals surface area contributed by atoms with Crippen molar-refractivity contribution in [2.45, 2.75) is 64.9 Å². The van der Waals surface area contributed by atoms with E-state index in [-0.39, 0.29) is 29.0 Å². The van der Waals surface area contributed by atoms with Gasteiger partial charge < -0.3 is 9.74 Å². The van der Waals surface area contributed by atoms with Crippen molar-refractivity contribution in [3.63, 3.8) is 0 Å². The molecule has 94 valence electrons. The Morgan fingerprint density at radius 1 is 1.38 bits per heavy atom. The van der Waals surface area contributed by atoms with Crippen LogP contribution in [0.2, 0.25) is 18.1 Å². The molecule has 4 heteroatoms. The van der Waals surface area contributed by atoms with Crippen LogP contribution in [0.25, 0.3) is 0 Å². The number of nitrogens with one attached hydrogen (secondary N) is 1. The molecule has 1 N–H and O–H groups in total. The van der Waals surface area contributed by atoms with Crippen molar-refractivity contribution in [3.8, 4) is 0 Å². The maximum absolute atomic E-state index is 11.4. The second kappa shape index (κ2) is 4.15. The molecule has 3 atom stereocenters. The third-order valence-corrected chi connectivity index (χ3v) is 8.58. The van der Waals surface area contributed by atoms with Gasteiger partial charge in [0.25, 0.3) is 0 Å². The van der Waals surface area contributed by atoms with E-state index in [0.29, 0.717) is 0 Å². The van der Waals surface area contributed by atoms with Crippen molar-refractivity contribution in [1.29, 1.82) is 0 Å². The quantitative estimate of drug-likeness (QED) is 0.611. The van der Waals surface area contributed by atoms with Crippen LogP contribution >= 0.6 is 0 Å². The molecule has 0 aliphatic carbocycles. The van der Waals surface area contributed by atoms with Gasteiger partial charge in [-0.3, -0.25) is 4.79 Å². The maximum atomic E-state index is 11.4. The number of carbonyl (C=O) groups is 1. The Hall–Kier alpha value is -0.353. The molecule has 0 aromatic carbocycles. The Morgan fingerprint density at radius 3 is 2.19 bits per heavy atom. The molecule has 1 amide bonds. The zero-order valence-electron chi connectivity index (χ0n) is 11.5. The van der Waals surface area contributed by atoms with Crippen molar-refractivity contribution in [2.75, 3.05) is 0 Å². The predicted octanol–water partition coefficient (Wildman–Crippen LogP) is 2.53. The van der Waals surface area contributed by atoms with E-state index in [9.17, 15) is 4.79 Å². The highest BCUT2D eigenvalue weighted by Crippen LogP contribution is 2.38. The van der Waals surface area contributed by atoms with Crippen molar-refractivity contribution in [2.24, 2.45) is 5.92 Å². The highest BCUT2D eigenvalue weighted by molar-refractivity contribution is 6.74. The van der Waals surface area contributed by atoms with Crippen LogP contribution in [-0.4, -0.2) is 26.4 Å². The van der Waals surface area contributed by atoms with Gasteiger partial charge in [0, 0.05) is 6.04 Å². The predicted molar refractivity (Wildman–Crippen MR) is 68.8 cm³/mol. The molecule has 0 spiro atoms. The first-order valence-corrected chi connectivity index (χ1v) is 8.95. The molecule has 1 saturated heterocycles. The third-order valence-electron chi connectivity index (χ3n) is 4.00. The molecule has 0 radical (unpaired) electrons. The molecule has 1 aliphatic heterocycles. The van der Waals surface area contributed by atoms with Crippen LogP contribution in [0.3, 0.4) is 0 Å². The third kappa shape index (κ3) is 2.48. The van der Waals surface area contributed by atoms with E-state index in [1.165, 1.54) is 0 Å². The van der Waals surface area contributed by atoms with Crippen molar-refractivity contribution >= 4 is 14.2 Å². The lowest BCUT2D eigenvalue weighted by Gasteiger charge is -2.44. The van der Waals surface area contributed by atoms with Gasteiger partial charge in [-0.05, 0) is 32.0 Å². The number of amides is 1. The van der Waals surface area contributed by atoms with Crippen molar-refractivity contribution < 1.29 is 9.22 Å². The summed E-state index contributed by atoms with van der Waals surface area (Å²) in [5.41, 5.74) is 0. The van der Waals surface area contributed by atoms with Gasteiger partial charge >= 0.3 is 0 Å². The average Bonchev–Trinajstić information content (AvgIpc) is 1.99. The van der Waals surface area contributed by atoms with Gasteiger partial charge in [-0.15, -0.1) is 0 Å². The second-order valence-electron chi connectivity index (χ2n) is 6.41. The lowest BCUT2D eigenvalue weighted by Crippen LogP contribution is -2.62. The fourth-order valence-corrected chi connectivity index (χ4v) is 3.31. The van der Waals surface area contributed by atoms with E-state index in [4.69, 9.17) is 4.43 Å². The van der Waals surface area contributed by atoms with E-state index in [0.717, 1.165) is 0 Å². The van der Waals surface area contributed by atoms with Gasteiger partial charge in [0.2, 0.25) is 5.91 Å². The first kappa shape index (κ1) is 13.7. The summed E-state index contributed by atoms with van der Waals surface area (Å²) in [5, 5.41) is 3.06.